The van der Waals surface area contributed by atoms with Gasteiger partial charge in [0, 0.05) is 25.6 Å². The monoisotopic (exact) mass is 283 g/mol. The summed E-state index contributed by atoms with van der Waals surface area (Å²) in [5, 5.41) is 14.6. The summed E-state index contributed by atoms with van der Waals surface area (Å²) in [5.74, 6) is -0.150. The van der Waals surface area contributed by atoms with Crippen molar-refractivity contribution in [2.45, 2.75) is 38.1 Å². The van der Waals surface area contributed by atoms with Gasteiger partial charge in [-0.1, -0.05) is 0 Å². The van der Waals surface area contributed by atoms with Crippen LogP contribution in [0.5, 0.6) is 0 Å². The van der Waals surface area contributed by atoms with Gasteiger partial charge in [-0.2, -0.15) is 0 Å². The van der Waals surface area contributed by atoms with E-state index < -0.39 is 5.97 Å². The lowest BCUT2D eigenvalue weighted by Crippen LogP contribution is -2.42. The van der Waals surface area contributed by atoms with Gasteiger partial charge in [-0.3, -0.25) is 9.59 Å². The number of nitrogens with one attached hydrogen (secondary N) is 2. The molecule has 1 amide bonds. The molecule has 2 fully saturated rings. The van der Waals surface area contributed by atoms with Crippen LogP contribution in [0.25, 0.3) is 0 Å². The van der Waals surface area contributed by atoms with Crippen LogP contribution in [0.2, 0.25) is 0 Å². The maximum Gasteiger partial charge on any atom is 0.317 e. The molecule has 1 atom stereocenters. The molecule has 1 unspecified atom stereocenters. The number of likely N-dealkylation sites (tertiary alicyclic amines) is 1. The lowest BCUT2D eigenvalue weighted by Gasteiger charge is -2.32. The van der Waals surface area contributed by atoms with Crippen LogP contribution in [-0.4, -0.2) is 60.6 Å². The van der Waals surface area contributed by atoms with Crippen LogP contribution < -0.4 is 10.6 Å². The van der Waals surface area contributed by atoms with E-state index in [0.717, 1.165) is 51.9 Å². The Kier molecular flexibility index (Phi) is 5.79. The summed E-state index contributed by atoms with van der Waals surface area (Å²) in [7, 11) is 0. The zero-order valence-electron chi connectivity index (χ0n) is 11.9. The molecular weight excluding hydrogens is 258 g/mol. The van der Waals surface area contributed by atoms with Gasteiger partial charge < -0.3 is 20.6 Å². The van der Waals surface area contributed by atoms with Crippen molar-refractivity contribution in [1.82, 2.24) is 15.5 Å². The van der Waals surface area contributed by atoms with Gasteiger partial charge in [-0.15, -0.1) is 0 Å². The zero-order valence-corrected chi connectivity index (χ0v) is 11.9. The lowest BCUT2D eigenvalue weighted by atomic mass is 9.98. The SMILES string of the molecule is O=C(O)CNCC1CCCN(CCC(=O)NC2CC2)C1. The number of aliphatic carboxylic acids is 1. The summed E-state index contributed by atoms with van der Waals surface area (Å²) in [5.41, 5.74) is 0. The van der Waals surface area contributed by atoms with E-state index in [1.807, 2.05) is 0 Å². The van der Waals surface area contributed by atoms with Gasteiger partial charge in [0.25, 0.3) is 0 Å². The van der Waals surface area contributed by atoms with Gasteiger partial charge in [0.2, 0.25) is 5.91 Å². The Bertz CT molecular complexity index is 345. The fraction of sp³-hybridized carbons (Fsp3) is 0.857. The highest BCUT2D eigenvalue weighted by molar-refractivity contribution is 5.76. The summed E-state index contributed by atoms with van der Waals surface area (Å²) in [6.07, 6.45) is 5.10. The summed E-state index contributed by atoms with van der Waals surface area (Å²) in [6, 6.07) is 0.442. The van der Waals surface area contributed by atoms with Gasteiger partial charge in [0.05, 0.1) is 6.54 Å². The molecule has 2 rings (SSSR count). The van der Waals surface area contributed by atoms with Crippen LogP contribution in [0.3, 0.4) is 0 Å². The second kappa shape index (κ2) is 7.59. The molecule has 3 N–H and O–H groups in total. The number of rotatable bonds is 8. The third-order valence-corrected chi connectivity index (χ3v) is 3.91. The second-order valence-corrected chi connectivity index (χ2v) is 5.93. The maximum atomic E-state index is 11.6. The molecule has 2 aliphatic rings. The fourth-order valence-corrected chi connectivity index (χ4v) is 2.69. The molecule has 0 aromatic heterocycles. The van der Waals surface area contributed by atoms with E-state index in [1.165, 1.54) is 0 Å². The maximum absolute atomic E-state index is 11.6. The van der Waals surface area contributed by atoms with Crippen LogP contribution >= 0.6 is 0 Å². The number of carboxylic acids is 1. The molecule has 6 nitrogen and oxygen atoms in total. The predicted octanol–water partition coefficient (Wildman–Crippen LogP) is 0.0413. The molecule has 1 heterocycles. The smallest absolute Gasteiger partial charge is 0.317 e. The van der Waals surface area contributed by atoms with Crippen molar-refractivity contribution in [3.63, 3.8) is 0 Å². The molecule has 20 heavy (non-hydrogen) atoms. The molecule has 0 bridgehead atoms. The average Bonchev–Trinajstić information content (AvgIpc) is 3.20. The summed E-state index contributed by atoms with van der Waals surface area (Å²) >= 11 is 0. The number of nitrogens with zero attached hydrogens (tertiary/aromatic N) is 1. The van der Waals surface area contributed by atoms with Crippen LogP contribution in [0, 0.1) is 5.92 Å². The van der Waals surface area contributed by atoms with Crippen molar-refractivity contribution < 1.29 is 14.7 Å². The van der Waals surface area contributed by atoms with Crippen molar-refractivity contribution >= 4 is 11.9 Å². The van der Waals surface area contributed by atoms with Crippen molar-refractivity contribution in [1.29, 1.82) is 0 Å². The number of carbonyl (C=O) groups is 2. The first-order valence-corrected chi connectivity index (χ1v) is 7.57. The Balaban J connectivity index is 1.59. The first-order chi connectivity index (χ1) is 9.63. The predicted molar refractivity (Wildman–Crippen MR) is 75.5 cm³/mol. The van der Waals surface area contributed by atoms with Gasteiger partial charge >= 0.3 is 5.97 Å². The molecule has 1 saturated carbocycles. The van der Waals surface area contributed by atoms with E-state index in [4.69, 9.17) is 5.11 Å². The third kappa shape index (κ3) is 5.88. The molecule has 1 saturated heterocycles. The van der Waals surface area contributed by atoms with Gasteiger partial charge in [0.15, 0.2) is 0 Å². The molecule has 0 aromatic rings. The normalized spacial score (nSPS) is 23.5. The van der Waals surface area contributed by atoms with E-state index in [2.05, 4.69) is 15.5 Å². The highest BCUT2D eigenvalue weighted by atomic mass is 16.4. The molecule has 0 radical (unpaired) electrons. The largest absolute Gasteiger partial charge is 0.480 e. The summed E-state index contributed by atoms with van der Waals surface area (Å²) < 4.78 is 0. The molecule has 0 aromatic carbocycles. The van der Waals surface area contributed by atoms with Gasteiger partial charge in [0.1, 0.15) is 0 Å². The minimum absolute atomic E-state index is 0.0281. The van der Waals surface area contributed by atoms with E-state index in [-0.39, 0.29) is 12.5 Å². The lowest BCUT2D eigenvalue weighted by molar-refractivity contribution is -0.136. The third-order valence-electron chi connectivity index (χ3n) is 3.91. The summed E-state index contributed by atoms with van der Waals surface area (Å²) in [6.45, 7) is 3.60. The second-order valence-electron chi connectivity index (χ2n) is 5.93. The van der Waals surface area contributed by atoms with Crippen molar-refractivity contribution in [3.05, 3.63) is 0 Å². The molecule has 1 aliphatic carbocycles. The summed E-state index contributed by atoms with van der Waals surface area (Å²) in [4.78, 5) is 24.4. The Morgan fingerprint density at radius 1 is 1.25 bits per heavy atom. The van der Waals surface area contributed by atoms with Crippen LogP contribution in [-0.2, 0) is 9.59 Å². The van der Waals surface area contributed by atoms with E-state index in [1.54, 1.807) is 0 Å². The quantitative estimate of drug-likeness (QED) is 0.586. The van der Waals surface area contributed by atoms with Crippen LogP contribution in [0.15, 0.2) is 0 Å². The number of carbonyl (C=O) groups excluding carboxylic acids is 1. The Morgan fingerprint density at radius 3 is 2.75 bits per heavy atom. The van der Waals surface area contributed by atoms with E-state index in [0.29, 0.717) is 18.4 Å². The van der Waals surface area contributed by atoms with E-state index in [9.17, 15) is 9.59 Å². The first-order valence-electron chi connectivity index (χ1n) is 7.57. The standard InChI is InChI=1S/C14H25N3O3/c18-13(16-12-3-4-12)5-7-17-6-1-2-11(10-17)8-15-9-14(19)20/h11-12,15H,1-10H2,(H,16,18)(H,19,20). The number of hydrogen-bond donors (Lipinski definition) is 3. The molecular formula is C14H25N3O3. The van der Waals surface area contributed by atoms with Crippen molar-refractivity contribution in [3.8, 4) is 0 Å². The molecule has 0 spiro atoms. The van der Waals surface area contributed by atoms with Crippen LogP contribution in [0.1, 0.15) is 32.1 Å². The number of piperidine rings is 1. The average molecular weight is 283 g/mol. The molecule has 6 heteroatoms. The van der Waals surface area contributed by atoms with E-state index >= 15 is 0 Å². The van der Waals surface area contributed by atoms with Crippen molar-refractivity contribution in [2.24, 2.45) is 5.92 Å². The Morgan fingerprint density at radius 2 is 2.05 bits per heavy atom. The zero-order chi connectivity index (χ0) is 14.4. The number of amides is 1. The van der Waals surface area contributed by atoms with Gasteiger partial charge in [-0.05, 0) is 44.7 Å². The van der Waals surface area contributed by atoms with Gasteiger partial charge in [-0.25, -0.2) is 0 Å². The van der Waals surface area contributed by atoms with Crippen molar-refractivity contribution in [2.75, 3.05) is 32.7 Å². The van der Waals surface area contributed by atoms with Crippen LogP contribution in [0.4, 0.5) is 0 Å². The minimum Gasteiger partial charge on any atom is -0.480 e. The Hall–Kier alpha value is -1.14. The number of hydrogen-bond acceptors (Lipinski definition) is 4. The fourth-order valence-electron chi connectivity index (χ4n) is 2.69. The molecule has 1 aliphatic heterocycles. The molecule has 114 valence electrons. The minimum atomic E-state index is -0.811. The highest BCUT2D eigenvalue weighted by Gasteiger charge is 2.24. The Labute approximate surface area is 119 Å². The first kappa shape index (κ1) is 15.3. The topological polar surface area (TPSA) is 81.7 Å². The number of carboxylic acid groups (broad SMARTS) is 1. The highest BCUT2D eigenvalue weighted by Crippen LogP contribution is 2.19.